The topological polar surface area (TPSA) is 110 Å². The Morgan fingerprint density at radius 1 is 1.09 bits per heavy atom. The van der Waals surface area contributed by atoms with Crippen molar-refractivity contribution in [1.82, 2.24) is 19.2 Å². The molecule has 0 saturated heterocycles. The second kappa shape index (κ2) is 7.86. The average Bonchev–Trinajstić information content (AvgIpc) is 3.14. The predicted octanol–water partition coefficient (Wildman–Crippen LogP) is 3.23. The summed E-state index contributed by atoms with van der Waals surface area (Å²) in [6.07, 6.45) is -2.40. The summed E-state index contributed by atoms with van der Waals surface area (Å²) >= 11 is 0. The number of aromatic nitrogens is 4. The van der Waals surface area contributed by atoms with E-state index in [0.29, 0.717) is 27.4 Å². The molecule has 0 amide bonds. The summed E-state index contributed by atoms with van der Waals surface area (Å²) in [7, 11) is -3.91. The van der Waals surface area contributed by atoms with Crippen molar-refractivity contribution < 1.29 is 21.6 Å². The Kier molecular flexibility index (Phi) is 5.29. The Hall–Kier alpha value is -3.98. The lowest BCUT2D eigenvalue weighted by Crippen LogP contribution is -2.23. The minimum Gasteiger partial charge on any atom is -0.250 e. The number of alkyl halides is 3. The van der Waals surface area contributed by atoms with Crippen LogP contribution in [0.1, 0.15) is 18.1 Å². The lowest BCUT2D eigenvalue weighted by Gasteiger charge is -2.10. The maximum atomic E-state index is 13.0. The third-order valence-electron chi connectivity index (χ3n) is 4.95. The van der Waals surface area contributed by atoms with Crippen LogP contribution in [-0.4, -0.2) is 33.3 Å². The van der Waals surface area contributed by atoms with Crippen LogP contribution >= 0.6 is 0 Å². The molecular weight excluding hydrogens is 459 g/mol. The van der Waals surface area contributed by atoms with Gasteiger partial charge in [0.15, 0.2) is 21.3 Å². The van der Waals surface area contributed by atoms with Crippen molar-refractivity contribution in [1.29, 1.82) is 5.26 Å². The Labute approximate surface area is 185 Å². The number of halogens is 3. The van der Waals surface area contributed by atoms with Gasteiger partial charge in [-0.2, -0.15) is 23.1 Å². The van der Waals surface area contributed by atoms with Crippen molar-refractivity contribution in [2.24, 2.45) is 0 Å². The summed E-state index contributed by atoms with van der Waals surface area (Å²) in [6, 6.07) is 11.1. The third-order valence-corrected chi connectivity index (χ3v) is 6.68. The van der Waals surface area contributed by atoms with Gasteiger partial charge in [0.05, 0.1) is 22.9 Å². The fourth-order valence-corrected chi connectivity index (χ4v) is 4.20. The van der Waals surface area contributed by atoms with E-state index in [1.807, 2.05) is 6.07 Å². The van der Waals surface area contributed by atoms with Crippen LogP contribution in [0.4, 0.5) is 13.2 Å². The molecule has 0 fully saturated rings. The van der Waals surface area contributed by atoms with E-state index in [9.17, 15) is 26.4 Å². The highest BCUT2D eigenvalue weighted by Crippen LogP contribution is 2.30. The standard InChI is InChI=1S/C21H14F3N5O3S/c1-2-33(31,32)17-9-15(14-5-3-13(11-25)4-6-14)12-26-19(17)29-20(30)28-8-7-16(21(22,23)24)10-18(28)27-29/h3-10,12H,2H2,1H3. The molecule has 4 rings (SSSR count). The highest BCUT2D eigenvalue weighted by molar-refractivity contribution is 7.91. The monoisotopic (exact) mass is 473 g/mol. The van der Waals surface area contributed by atoms with E-state index in [2.05, 4.69) is 10.1 Å². The van der Waals surface area contributed by atoms with Gasteiger partial charge in [-0.05, 0) is 35.9 Å². The molecule has 4 aromatic rings. The van der Waals surface area contributed by atoms with Crippen LogP contribution in [0.5, 0.6) is 0 Å². The first-order valence-corrected chi connectivity index (χ1v) is 11.1. The number of fused-ring (bicyclic) bond motifs is 1. The molecule has 33 heavy (non-hydrogen) atoms. The molecule has 0 bridgehead atoms. The van der Waals surface area contributed by atoms with Gasteiger partial charge in [0.1, 0.15) is 4.90 Å². The number of rotatable bonds is 4. The van der Waals surface area contributed by atoms with Gasteiger partial charge in [0.25, 0.3) is 0 Å². The first-order chi connectivity index (χ1) is 15.5. The van der Waals surface area contributed by atoms with E-state index in [0.717, 1.165) is 16.7 Å². The van der Waals surface area contributed by atoms with Gasteiger partial charge in [-0.1, -0.05) is 19.1 Å². The fourth-order valence-electron chi connectivity index (χ4n) is 3.16. The lowest BCUT2D eigenvalue weighted by molar-refractivity contribution is -0.137. The molecule has 3 aromatic heterocycles. The molecule has 0 saturated carbocycles. The molecule has 8 nitrogen and oxygen atoms in total. The molecule has 1 aromatic carbocycles. The summed E-state index contributed by atoms with van der Waals surface area (Å²) in [5.74, 6) is -0.629. The Morgan fingerprint density at radius 3 is 2.39 bits per heavy atom. The van der Waals surface area contributed by atoms with Crippen LogP contribution < -0.4 is 5.69 Å². The predicted molar refractivity (Wildman–Crippen MR) is 111 cm³/mol. The van der Waals surface area contributed by atoms with Crippen molar-refractivity contribution in [2.45, 2.75) is 18.0 Å². The molecule has 0 unspecified atom stereocenters. The Bertz CT molecular complexity index is 1580. The first-order valence-electron chi connectivity index (χ1n) is 9.47. The molecule has 168 valence electrons. The van der Waals surface area contributed by atoms with Crippen molar-refractivity contribution in [2.75, 3.05) is 5.75 Å². The van der Waals surface area contributed by atoms with E-state index >= 15 is 0 Å². The fraction of sp³-hybridized carbons (Fsp3) is 0.143. The first kappa shape index (κ1) is 22.2. The van der Waals surface area contributed by atoms with Gasteiger partial charge >= 0.3 is 11.9 Å². The summed E-state index contributed by atoms with van der Waals surface area (Å²) < 4.78 is 66.3. The van der Waals surface area contributed by atoms with E-state index < -0.39 is 27.3 Å². The number of benzene rings is 1. The lowest BCUT2D eigenvalue weighted by atomic mass is 10.1. The zero-order valence-electron chi connectivity index (χ0n) is 16.9. The minimum atomic E-state index is -4.64. The summed E-state index contributed by atoms with van der Waals surface area (Å²) in [5.41, 5.74) is -0.779. The van der Waals surface area contributed by atoms with Crippen LogP contribution in [0.3, 0.4) is 0 Å². The molecular formula is C21H14F3N5O3S. The zero-order valence-corrected chi connectivity index (χ0v) is 17.7. The van der Waals surface area contributed by atoms with Gasteiger partial charge in [-0.15, -0.1) is 5.10 Å². The quantitative estimate of drug-likeness (QED) is 0.450. The van der Waals surface area contributed by atoms with Crippen molar-refractivity contribution in [3.63, 3.8) is 0 Å². The summed E-state index contributed by atoms with van der Waals surface area (Å²) in [4.78, 5) is 16.6. The number of sulfone groups is 1. The summed E-state index contributed by atoms with van der Waals surface area (Å²) in [5, 5.41) is 12.8. The zero-order chi connectivity index (χ0) is 24.0. The van der Waals surface area contributed by atoms with Gasteiger partial charge < -0.3 is 0 Å². The second-order valence-corrected chi connectivity index (χ2v) is 9.22. The number of pyridine rings is 2. The third kappa shape index (κ3) is 3.98. The minimum absolute atomic E-state index is 0.298. The van der Waals surface area contributed by atoms with E-state index in [1.165, 1.54) is 19.2 Å². The molecule has 3 heterocycles. The van der Waals surface area contributed by atoms with Crippen molar-refractivity contribution in [3.05, 3.63) is 76.5 Å². The van der Waals surface area contributed by atoms with Crippen LogP contribution in [-0.2, 0) is 16.0 Å². The van der Waals surface area contributed by atoms with E-state index in [1.54, 1.807) is 24.3 Å². The molecule has 12 heteroatoms. The highest BCUT2D eigenvalue weighted by Gasteiger charge is 2.31. The van der Waals surface area contributed by atoms with Crippen molar-refractivity contribution >= 4 is 15.5 Å². The Balaban J connectivity index is 1.93. The molecule has 0 aliphatic rings. The van der Waals surface area contributed by atoms with Crippen molar-refractivity contribution in [3.8, 4) is 23.0 Å². The highest BCUT2D eigenvalue weighted by atomic mass is 32.2. The molecule has 0 aliphatic carbocycles. The Morgan fingerprint density at radius 2 is 1.79 bits per heavy atom. The average molecular weight is 473 g/mol. The second-order valence-electron chi connectivity index (χ2n) is 6.97. The normalized spacial score (nSPS) is 12.1. The van der Waals surface area contributed by atoms with E-state index in [-0.39, 0.29) is 22.1 Å². The number of hydrogen-bond donors (Lipinski definition) is 0. The van der Waals surface area contributed by atoms with Crippen LogP contribution in [0.2, 0.25) is 0 Å². The van der Waals surface area contributed by atoms with Gasteiger partial charge in [-0.3, -0.25) is 0 Å². The van der Waals surface area contributed by atoms with Gasteiger partial charge in [0, 0.05) is 18.0 Å². The largest absolute Gasteiger partial charge is 0.416 e. The summed E-state index contributed by atoms with van der Waals surface area (Å²) in [6.45, 7) is 1.41. The van der Waals surface area contributed by atoms with Gasteiger partial charge in [0.2, 0.25) is 0 Å². The van der Waals surface area contributed by atoms with Crippen LogP contribution in [0.25, 0.3) is 22.6 Å². The van der Waals surface area contributed by atoms with Crippen LogP contribution in [0.15, 0.2) is 64.5 Å². The van der Waals surface area contributed by atoms with Gasteiger partial charge in [-0.25, -0.2) is 22.6 Å². The SMILES string of the molecule is CCS(=O)(=O)c1cc(-c2ccc(C#N)cc2)cnc1-n1nc2cc(C(F)(F)F)ccn2c1=O. The number of nitriles is 1. The van der Waals surface area contributed by atoms with E-state index in [4.69, 9.17) is 5.26 Å². The maximum absolute atomic E-state index is 13.0. The molecule has 0 spiro atoms. The smallest absolute Gasteiger partial charge is 0.250 e. The molecule has 0 N–H and O–H groups in total. The number of hydrogen-bond acceptors (Lipinski definition) is 6. The molecule has 0 aliphatic heterocycles. The molecule has 0 atom stereocenters. The number of nitrogens with zero attached hydrogens (tertiary/aromatic N) is 5. The van der Waals surface area contributed by atoms with Crippen LogP contribution in [0, 0.1) is 11.3 Å². The maximum Gasteiger partial charge on any atom is 0.416 e. The molecule has 0 radical (unpaired) electrons.